The zero-order chi connectivity index (χ0) is 22.6. The Morgan fingerprint density at radius 1 is 1.28 bits per heavy atom. The van der Waals surface area contributed by atoms with E-state index in [2.05, 4.69) is 9.97 Å². The van der Waals surface area contributed by atoms with Crippen LogP contribution in [0.3, 0.4) is 0 Å². The second-order valence-electron chi connectivity index (χ2n) is 8.55. The minimum Gasteiger partial charge on any atom is -0.374 e. The van der Waals surface area contributed by atoms with Crippen molar-refractivity contribution in [3.8, 4) is 0 Å². The highest BCUT2D eigenvalue weighted by molar-refractivity contribution is 5.99. The summed E-state index contributed by atoms with van der Waals surface area (Å²) in [7, 11) is 0. The van der Waals surface area contributed by atoms with Crippen molar-refractivity contribution in [2.75, 3.05) is 29.5 Å². The molecule has 0 amide bonds. The Hall–Kier alpha value is -2.95. The van der Waals surface area contributed by atoms with Gasteiger partial charge < -0.3 is 14.5 Å². The van der Waals surface area contributed by atoms with Crippen LogP contribution < -0.4 is 15.4 Å². The van der Waals surface area contributed by atoms with E-state index in [1.807, 2.05) is 4.90 Å². The maximum absolute atomic E-state index is 13.9. The van der Waals surface area contributed by atoms with E-state index >= 15 is 0 Å². The Kier molecular flexibility index (Phi) is 4.95. The summed E-state index contributed by atoms with van der Waals surface area (Å²) in [5.41, 5.74) is 0.518. The number of Topliss-reactive ketones (excluding diaryl/α,β-unsaturated/α-hetero) is 1. The molecule has 170 valence electrons. The van der Waals surface area contributed by atoms with Crippen LogP contribution in [0, 0.1) is 6.92 Å². The van der Waals surface area contributed by atoms with Crippen LogP contribution in [0.4, 0.5) is 24.9 Å². The number of carbonyl (C=O) groups excluding carboxylic acids is 1. The summed E-state index contributed by atoms with van der Waals surface area (Å²) < 4.78 is 48.6. The Bertz CT molecular complexity index is 1120. The van der Waals surface area contributed by atoms with Gasteiger partial charge in [0, 0.05) is 37.1 Å². The molecular formula is C21H22F3N5O3. The number of halogens is 3. The van der Waals surface area contributed by atoms with E-state index < -0.39 is 30.1 Å². The number of hydrogen-bond donors (Lipinski definition) is 0. The minimum atomic E-state index is -4.58. The number of pyridine rings is 1. The number of aromatic nitrogens is 3. The number of ether oxygens (including phenoxy) is 1. The van der Waals surface area contributed by atoms with Gasteiger partial charge in [-0.1, -0.05) is 0 Å². The van der Waals surface area contributed by atoms with Crippen molar-refractivity contribution in [3.63, 3.8) is 0 Å². The Morgan fingerprint density at radius 2 is 2.09 bits per heavy atom. The molecule has 0 unspecified atom stereocenters. The average molecular weight is 449 g/mol. The summed E-state index contributed by atoms with van der Waals surface area (Å²) in [6.07, 6.45) is -1.18. The monoisotopic (exact) mass is 449 g/mol. The zero-order valence-electron chi connectivity index (χ0n) is 17.4. The summed E-state index contributed by atoms with van der Waals surface area (Å²) in [6.45, 7) is 2.12. The number of carbonyl (C=O) groups is 1. The van der Waals surface area contributed by atoms with Gasteiger partial charge in [-0.25, -0.2) is 0 Å². The third kappa shape index (κ3) is 3.64. The van der Waals surface area contributed by atoms with Crippen LogP contribution in [-0.4, -0.2) is 64.4 Å². The molecule has 32 heavy (non-hydrogen) atoms. The molecule has 2 bridgehead atoms. The largest absolute Gasteiger partial charge is 0.408 e. The molecule has 11 heteroatoms. The van der Waals surface area contributed by atoms with E-state index in [1.165, 1.54) is 16.8 Å². The topological polar surface area (TPSA) is 80.6 Å². The second kappa shape index (κ2) is 7.58. The number of fused-ring (bicyclic) bond motifs is 3. The molecule has 2 fully saturated rings. The molecule has 2 aromatic rings. The molecule has 0 aromatic carbocycles. The van der Waals surface area contributed by atoms with Crippen LogP contribution in [0.1, 0.15) is 28.8 Å². The minimum absolute atomic E-state index is 0.0370. The lowest BCUT2D eigenvalue weighted by atomic mass is 10.1. The first kappa shape index (κ1) is 20.9. The molecule has 0 N–H and O–H groups in total. The average Bonchev–Trinajstić information content (AvgIpc) is 3.37. The van der Waals surface area contributed by atoms with Crippen molar-refractivity contribution in [3.05, 3.63) is 46.0 Å². The first-order chi connectivity index (χ1) is 15.2. The summed E-state index contributed by atoms with van der Waals surface area (Å²) in [5, 5.41) is 0. The number of rotatable bonds is 4. The van der Waals surface area contributed by atoms with Gasteiger partial charge in [-0.15, -0.1) is 0 Å². The number of alkyl halides is 3. The highest BCUT2D eigenvalue weighted by atomic mass is 19.4. The molecule has 3 aliphatic rings. The molecule has 0 radical (unpaired) electrons. The molecule has 5 heterocycles. The smallest absolute Gasteiger partial charge is 0.374 e. The molecule has 3 aliphatic heterocycles. The molecular weight excluding hydrogens is 427 g/mol. The molecule has 2 saturated heterocycles. The molecule has 0 spiro atoms. The van der Waals surface area contributed by atoms with Gasteiger partial charge >= 0.3 is 6.18 Å². The van der Waals surface area contributed by atoms with Gasteiger partial charge in [0.15, 0.2) is 5.78 Å². The van der Waals surface area contributed by atoms with E-state index in [4.69, 9.17) is 4.74 Å². The molecule has 8 nitrogen and oxygen atoms in total. The molecule has 3 atom stereocenters. The van der Waals surface area contributed by atoms with Gasteiger partial charge in [0.1, 0.15) is 11.9 Å². The van der Waals surface area contributed by atoms with Gasteiger partial charge in [0.2, 0.25) is 5.95 Å². The van der Waals surface area contributed by atoms with E-state index in [0.29, 0.717) is 19.0 Å². The third-order valence-electron chi connectivity index (χ3n) is 6.32. The molecule has 5 rings (SSSR count). The van der Waals surface area contributed by atoms with Crippen molar-refractivity contribution >= 4 is 17.5 Å². The lowest BCUT2D eigenvalue weighted by molar-refractivity contribution is -0.152. The van der Waals surface area contributed by atoms with E-state index in [-0.39, 0.29) is 36.6 Å². The van der Waals surface area contributed by atoms with E-state index in [1.54, 1.807) is 19.2 Å². The fourth-order valence-electron chi connectivity index (χ4n) is 4.76. The zero-order valence-corrected chi connectivity index (χ0v) is 17.4. The van der Waals surface area contributed by atoms with Crippen LogP contribution in [0.25, 0.3) is 0 Å². The quantitative estimate of drug-likeness (QED) is 0.660. The fraction of sp³-hybridized carbons (Fsp3) is 0.524. The standard InChI is InChI=1S/C21H22F3N5O3/c1-12-4-13(8-25-7-12)16(30)10-29-17(21(22,23)24)2-3-27-19(31)6-18(26-20(27)29)28-9-15-5-14(28)11-32-15/h4,6-8,14-15,17H,2-3,5,9-11H2,1H3/t14-,15-,17-/m0/s1. The van der Waals surface area contributed by atoms with E-state index in [0.717, 1.165) is 16.9 Å². The first-order valence-corrected chi connectivity index (χ1v) is 10.5. The van der Waals surface area contributed by atoms with Gasteiger partial charge in [-0.2, -0.15) is 18.2 Å². The Balaban J connectivity index is 1.54. The summed E-state index contributed by atoms with van der Waals surface area (Å²) in [6, 6.07) is 1.08. The van der Waals surface area contributed by atoms with E-state index in [9.17, 15) is 22.8 Å². The van der Waals surface area contributed by atoms with Crippen molar-refractivity contribution in [2.45, 2.75) is 50.7 Å². The van der Waals surface area contributed by atoms with Crippen LogP contribution in [0.15, 0.2) is 29.3 Å². The van der Waals surface area contributed by atoms with Crippen molar-refractivity contribution in [1.29, 1.82) is 0 Å². The maximum atomic E-state index is 13.9. The Morgan fingerprint density at radius 3 is 2.75 bits per heavy atom. The number of hydrogen-bond acceptors (Lipinski definition) is 7. The maximum Gasteiger partial charge on any atom is 0.408 e. The third-order valence-corrected chi connectivity index (χ3v) is 6.32. The summed E-state index contributed by atoms with van der Waals surface area (Å²) >= 11 is 0. The summed E-state index contributed by atoms with van der Waals surface area (Å²) in [5.74, 6) is -0.314. The Labute approximate surface area is 181 Å². The number of morpholine rings is 1. The molecule has 0 aliphatic carbocycles. The highest BCUT2D eigenvalue weighted by Gasteiger charge is 2.48. The fourth-order valence-corrected chi connectivity index (χ4v) is 4.76. The second-order valence-corrected chi connectivity index (χ2v) is 8.55. The number of nitrogens with zero attached hydrogens (tertiary/aromatic N) is 5. The van der Waals surface area contributed by atoms with Crippen LogP contribution in [0.2, 0.25) is 0 Å². The predicted molar refractivity (Wildman–Crippen MR) is 109 cm³/mol. The number of anilines is 2. The van der Waals surface area contributed by atoms with Crippen molar-refractivity contribution in [2.24, 2.45) is 0 Å². The molecule has 2 aromatic heterocycles. The van der Waals surface area contributed by atoms with Crippen LogP contribution in [-0.2, 0) is 11.3 Å². The first-order valence-electron chi connectivity index (χ1n) is 10.5. The lowest BCUT2D eigenvalue weighted by Gasteiger charge is -2.39. The summed E-state index contributed by atoms with van der Waals surface area (Å²) in [4.78, 5) is 37.0. The van der Waals surface area contributed by atoms with Gasteiger partial charge in [0.25, 0.3) is 5.56 Å². The SMILES string of the molecule is Cc1cncc(C(=O)CN2c3nc(N4C[C@@H]5C[C@H]4CO5)cc(=O)n3CC[C@H]2C(F)(F)F)c1. The number of ketones is 1. The van der Waals surface area contributed by atoms with Gasteiger partial charge in [-0.05, 0) is 31.4 Å². The van der Waals surface area contributed by atoms with Crippen molar-refractivity contribution in [1.82, 2.24) is 14.5 Å². The normalized spacial score (nSPS) is 24.7. The van der Waals surface area contributed by atoms with Crippen molar-refractivity contribution < 1.29 is 22.7 Å². The predicted octanol–water partition coefficient (Wildman–Crippen LogP) is 1.95. The van der Waals surface area contributed by atoms with Gasteiger partial charge in [0.05, 0.1) is 25.3 Å². The number of aryl methyl sites for hydroxylation is 1. The highest BCUT2D eigenvalue weighted by Crippen LogP contribution is 2.36. The molecule has 0 saturated carbocycles. The van der Waals surface area contributed by atoms with Crippen LogP contribution in [0.5, 0.6) is 0 Å². The van der Waals surface area contributed by atoms with Gasteiger partial charge in [-0.3, -0.25) is 19.1 Å². The lowest BCUT2D eigenvalue weighted by Crippen LogP contribution is -2.54. The van der Waals surface area contributed by atoms with Crippen LogP contribution >= 0.6 is 0 Å².